The van der Waals surface area contributed by atoms with Crippen LogP contribution in [-0.4, -0.2) is 17.8 Å². The van der Waals surface area contributed by atoms with Crippen LogP contribution in [0.1, 0.15) is 25.1 Å². The van der Waals surface area contributed by atoms with Crippen molar-refractivity contribution in [1.29, 1.82) is 0 Å². The first-order valence-corrected chi connectivity index (χ1v) is 8.50. The first-order chi connectivity index (χ1) is 10.3. The van der Waals surface area contributed by atoms with Crippen LogP contribution in [0.2, 0.25) is 0 Å². The number of hydrogen-bond donors (Lipinski definition) is 1. The minimum atomic E-state index is 0.670. The maximum Gasteiger partial charge on any atom is 0.219 e. The van der Waals surface area contributed by atoms with Crippen molar-refractivity contribution < 1.29 is 4.74 Å². The van der Waals surface area contributed by atoms with Gasteiger partial charge in [0.15, 0.2) is 0 Å². The molecule has 0 aliphatic carbocycles. The van der Waals surface area contributed by atoms with Crippen LogP contribution in [-0.2, 0) is 13.0 Å². The number of nitrogens with one attached hydrogen (secondary N) is 1. The predicted octanol–water partition coefficient (Wildman–Crippen LogP) is 4.27. The van der Waals surface area contributed by atoms with Gasteiger partial charge in [-0.05, 0) is 43.0 Å². The fraction of sp³-hybridized carbons (Fsp3) is 0.353. The molecule has 1 aromatic carbocycles. The van der Waals surface area contributed by atoms with Gasteiger partial charge in [-0.2, -0.15) is 0 Å². The van der Waals surface area contributed by atoms with Crippen molar-refractivity contribution in [1.82, 2.24) is 10.3 Å². The Morgan fingerprint density at radius 3 is 2.71 bits per heavy atom. The molecule has 0 amide bonds. The van der Waals surface area contributed by atoms with Crippen molar-refractivity contribution >= 4 is 11.8 Å². The fourth-order valence-electron chi connectivity index (χ4n) is 2.04. The Morgan fingerprint density at radius 2 is 2.00 bits per heavy atom. The lowest BCUT2D eigenvalue weighted by atomic mass is 10.2. The quantitative estimate of drug-likeness (QED) is 0.775. The van der Waals surface area contributed by atoms with Gasteiger partial charge in [0.25, 0.3) is 0 Å². The molecule has 1 N–H and O–H groups in total. The van der Waals surface area contributed by atoms with Crippen LogP contribution in [0.4, 0.5) is 0 Å². The van der Waals surface area contributed by atoms with E-state index in [4.69, 9.17) is 4.74 Å². The van der Waals surface area contributed by atoms with E-state index in [0.29, 0.717) is 5.88 Å². The van der Waals surface area contributed by atoms with Crippen molar-refractivity contribution in [2.75, 3.05) is 12.8 Å². The number of thioether (sulfide) groups is 1. The third-order valence-electron chi connectivity index (χ3n) is 3.14. The second-order valence-electron chi connectivity index (χ2n) is 4.69. The summed E-state index contributed by atoms with van der Waals surface area (Å²) in [5.41, 5.74) is 2.27. The molecule has 1 heterocycles. The average Bonchev–Trinajstić information content (AvgIpc) is 2.53. The lowest BCUT2D eigenvalue weighted by Crippen LogP contribution is -2.12. The number of benzene rings is 1. The molecule has 0 fully saturated rings. The third kappa shape index (κ3) is 4.48. The van der Waals surface area contributed by atoms with Crippen molar-refractivity contribution in [2.45, 2.75) is 31.7 Å². The molecule has 21 heavy (non-hydrogen) atoms. The summed E-state index contributed by atoms with van der Waals surface area (Å²) < 4.78 is 6.00. The number of rotatable bonds is 7. The van der Waals surface area contributed by atoms with Gasteiger partial charge in [0, 0.05) is 23.2 Å². The molecule has 0 aliphatic heterocycles. The normalized spacial score (nSPS) is 10.6. The highest BCUT2D eigenvalue weighted by molar-refractivity contribution is 7.98. The van der Waals surface area contributed by atoms with Gasteiger partial charge < -0.3 is 10.1 Å². The van der Waals surface area contributed by atoms with E-state index in [2.05, 4.69) is 42.5 Å². The third-order valence-corrected chi connectivity index (χ3v) is 3.92. The minimum absolute atomic E-state index is 0.670. The first kappa shape index (κ1) is 15.9. The first-order valence-electron chi connectivity index (χ1n) is 7.28. The largest absolute Gasteiger partial charge is 0.438 e. The molecule has 2 aromatic rings. The number of pyridine rings is 1. The fourth-order valence-corrected chi connectivity index (χ4v) is 2.57. The summed E-state index contributed by atoms with van der Waals surface area (Å²) in [6.45, 7) is 6.01. The van der Waals surface area contributed by atoms with E-state index in [9.17, 15) is 0 Å². The number of ether oxygens (including phenoxy) is 1. The molecule has 0 bridgehead atoms. The lowest BCUT2D eigenvalue weighted by Gasteiger charge is -2.11. The van der Waals surface area contributed by atoms with Gasteiger partial charge >= 0.3 is 0 Å². The average molecular weight is 302 g/mol. The van der Waals surface area contributed by atoms with Gasteiger partial charge in [0.05, 0.1) is 0 Å². The van der Waals surface area contributed by atoms with Crippen molar-refractivity contribution in [2.24, 2.45) is 0 Å². The minimum Gasteiger partial charge on any atom is -0.438 e. The van der Waals surface area contributed by atoms with Gasteiger partial charge in [-0.1, -0.05) is 26.0 Å². The second kappa shape index (κ2) is 8.05. The van der Waals surface area contributed by atoms with Crippen LogP contribution < -0.4 is 10.1 Å². The molecule has 0 aliphatic rings. The summed E-state index contributed by atoms with van der Waals surface area (Å²) in [6, 6.07) is 12.2. The van der Waals surface area contributed by atoms with Gasteiger partial charge in [0.2, 0.25) is 5.88 Å². The van der Waals surface area contributed by atoms with Crippen LogP contribution in [0.25, 0.3) is 0 Å². The molecule has 0 radical (unpaired) electrons. The van der Waals surface area contributed by atoms with Crippen LogP contribution in [0.5, 0.6) is 11.6 Å². The molecule has 2 rings (SSSR count). The molecule has 0 saturated carbocycles. The van der Waals surface area contributed by atoms with E-state index in [1.807, 2.05) is 24.3 Å². The van der Waals surface area contributed by atoms with Gasteiger partial charge in [-0.3, -0.25) is 0 Å². The Kier molecular flexibility index (Phi) is 6.08. The Balaban J connectivity index is 2.25. The van der Waals surface area contributed by atoms with Crippen molar-refractivity contribution in [3.63, 3.8) is 0 Å². The Labute approximate surface area is 131 Å². The standard InChI is InChI=1S/C17H22N2OS/c1-4-14-10-13(12-18-5-2)11-17(19-14)20-15-8-6-7-9-16(15)21-3/h6-11,18H,4-5,12H2,1-3H3. The number of aryl methyl sites for hydroxylation is 1. The Hall–Kier alpha value is -1.52. The topological polar surface area (TPSA) is 34.2 Å². The maximum absolute atomic E-state index is 6.00. The van der Waals surface area contributed by atoms with Crippen LogP contribution in [0, 0.1) is 0 Å². The van der Waals surface area contributed by atoms with Crippen LogP contribution in [0.3, 0.4) is 0 Å². The summed E-state index contributed by atoms with van der Waals surface area (Å²) in [6.07, 6.45) is 2.95. The molecular weight excluding hydrogens is 280 g/mol. The molecule has 3 nitrogen and oxygen atoms in total. The van der Waals surface area contributed by atoms with E-state index in [0.717, 1.165) is 35.8 Å². The molecule has 0 atom stereocenters. The van der Waals surface area contributed by atoms with Gasteiger partial charge in [-0.15, -0.1) is 11.8 Å². The molecule has 0 spiro atoms. The molecule has 0 saturated heterocycles. The summed E-state index contributed by atoms with van der Waals surface area (Å²) >= 11 is 1.68. The SMILES string of the molecule is CCNCc1cc(CC)nc(Oc2ccccc2SC)c1. The molecular formula is C17H22N2OS. The van der Waals surface area contributed by atoms with E-state index < -0.39 is 0 Å². The highest BCUT2D eigenvalue weighted by Crippen LogP contribution is 2.30. The number of nitrogens with zero attached hydrogens (tertiary/aromatic N) is 1. The van der Waals surface area contributed by atoms with Crippen molar-refractivity contribution in [3.8, 4) is 11.6 Å². The summed E-state index contributed by atoms with van der Waals surface area (Å²) in [4.78, 5) is 5.69. The van der Waals surface area contributed by atoms with Crippen LogP contribution in [0.15, 0.2) is 41.3 Å². The predicted molar refractivity (Wildman–Crippen MR) is 89.3 cm³/mol. The van der Waals surface area contributed by atoms with E-state index >= 15 is 0 Å². The summed E-state index contributed by atoms with van der Waals surface area (Å²) in [7, 11) is 0. The molecule has 4 heteroatoms. The zero-order chi connectivity index (χ0) is 15.1. The Morgan fingerprint density at radius 1 is 1.19 bits per heavy atom. The molecule has 0 unspecified atom stereocenters. The number of para-hydroxylation sites is 1. The van der Waals surface area contributed by atoms with Crippen molar-refractivity contribution in [3.05, 3.63) is 47.7 Å². The van der Waals surface area contributed by atoms with Gasteiger partial charge in [0.1, 0.15) is 5.75 Å². The van der Waals surface area contributed by atoms with Crippen LogP contribution >= 0.6 is 11.8 Å². The second-order valence-corrected chi connectivity index (χ2v) is 5.54. The van der Waals surface area contributed by atoms with E-state index in [1.54, 1.807) is 11.8 Å². The lowest BCUT2D eigenvalue weighted by molar-refractivity contribution is 0.449. The zero-order valence-corrected chi connectivity index (χ0v) is 13.7. The Bertz CT molecular complexity index is 587. The molecule has 112 valence electrons. The highest BCUT2D eigenvalue weighted by atomic mass is 32.2. The zero-order valence-electron chi connectivity index (χ0n) is 12.8. The number of aromatic nitrogens is 1. The smallest absolute Gasteiger partial charge is 0.219 e. The summed E-state index contributed by atoms with van der Waals surface area (Å²) in [5, 5.41) is 3.34. The molecule has 1 aromatic heterocycles. The number of hydrogen-bond acceptors (Lipinski definition) is 4. The monoisotopic (exact) mass is 302 g/mol. The maximum atomic E-state index is 6.00. The highest BCUT2D eigenvalue weighted by Gasteiger charge is 2.07. The van der Waals surface area contributed by atoms with E-state index in [1.165, 1.54) is 5.56 Å². The van der Waals surface area contributed by atoms with E-state index in [-0.39, 0.29) is 0 Å². The van der Waals surface area contributed by atoms with Gasteiger partial charge in [-0.25, -0.2) is 4.98 Å². The summed E-state index contributed by atoms with van der Waals surface area (Å²) in [5.74, 6) is 1.53.